The van der Waals surface area contributed by atoms with Crippen LogP contribution >= 0.6 is 11.3 Å². The molecule has 3 rings (SSSR count). The maximum atomic E-state index is 12.7. The minimum Gasteiger partial charge on any atom is -0.378 e. The van der Waals surface area contributed by atoms with E-state index >= 15 is 0 Å². The largest absolute Gasteiger partial charge is 0.378 e. The van der Waals surface area contributed by atoms with Crippen molar-refractivity contribution in [3.05, 3.63) is 40.3 Å². The molecule has 8 heteroatoms. The van der Waals surface area contributed by atoms with E-state index in [1.54, 1.807) is 30.7 Å². The van der Waals surface area contributed by atoms with Crippen LogP contribution in [0, 0.1) is 0 Å². The maximum absolute atomic E-state index is 12.7. The van der Waals surface area contributed by atoms with Crippen LogP contribution in [-0.4, -0.2) is 31.7 Å². The van der Waals surface area contributed by atoms with Gasteiger partial charge in [0.1, 0.15) is 10.7 Å². The number of rotatable bonds is 6. The molecule has 0 bridgehead atoms. The molecule has 1 aromatic carbocycles. The zero-order valence-electron chi connectivity index (χ0n) is 13.9. The van der Waals surface area contributed by atoms with Gasteiger partial charge in [-0.1, -0.05) is 18.9 Å². The Morgan fingerprint density at radius 1 is 1.36 bits per heavy atom. The quantitative estimate of drug-likeness (QED) is 0.831. The summed E-state index contributed by atoms with van der Waals surface area (Å²) in [4.78, 5) is 16.7. The molecule has 0 atom stereocenters. The Labute approximate surface area is 151 Å². The van der Waals surface area contributed by atoms with Gasteiger partial charge in [-0.15, -0.1) is 11.3 Å². The lowest BCUT2D eigenvalue weighted by atomic mass is 10.3. The summed E-state index contributed by atoms with van der Waals surface area (Å²) in [7, 11) is -1.78. The number of hydrogen-bond donors (Lipinski definition) is 1. The van der Waals surface area contributed by atoms with Crippen molar-refractivity contribution in [1.82, 2.24) is 4.98 Å². The molecule has 0 saturated heterocycles. The second-order valence-electron chi connectivity index (χ2n) is 5.99. The van der Waals surface area contributed by atoms with Crippen molar-refractivity contribution < 1.29 is 17.9 Å². The van der Waals surface area contributed by atoms with Crippen LogP contribution < -0.4 is 5.32 Å². The second-order valence-corrected chi connectivity index (χ2v) is 9.16. The van der Waals surface area contributed by atoms with Crippen LogP contribution in [0.15, 0.2) is 34.5 Å². The highest BCUT2D eigenvalue weighted by molar-refractivity contribution is 7.92. The Kier molecular flexibility index (Phi) is 5.51. The van der Waals surface area contributed by atoms with Gasteiger partial charge >= 0.3 is 0 Å². The smallest absolute Gasteiger partial charge is 0.275 e. The molecule has 1 aliphatic rings. The normalized spacial score (nSPS) is 15.4. The first kappa shape index (κ1) is 18.0. The predicted octanol–water partition coefficient (Wildman–Crippen LogP) is 3.26. The summed E-state index contributed by atoms with van der Waals surface area (Å²) in [5, 5.41) is 4.77. The van der Waals surface area contributed by atoms with E-state index in [1.165, 1.54) is 17.4 Å². The molecule has 1 fully saturated rings. The van der Waals surface area contributed by atoms with Crippen LogP contribution in [0.4, 0.5) is 5.69 Å². The average molecular weight is 380 g/mol. The number of nitrogens with zero attached hydrogens (tertiary/aromatic N) is 1. The highest BCUT2D eigenvalue weighted by atomic mass is 32.2. The van der Waals surface area contributed by atoms with Gasteiger partial charge in [-0.3, -0.25) is 4.79 Å². The fourth-order valence-electron chi connectivity index (χ4n) is 2.94. The Bertz CT molecular complexity index is 855. The SMILES string of the molecule is COCc1nc(C(=O)Nc2cccc(S(=O)(=O)C3CCCC3)c2)cs1. The number of sulfone groups is 1. The molecule has 0 radical (unpaired) electrons. The number of thiazole rings is 1. The molecular weight excluding hydrogens is 360 g/mol. The molecule has 1 heterocycles. The number of hydrogen-bond acceptors (Lipinski definition) is 6. The standard InChI is InChI=1S/C17H20N2O4S2/c1-23-10-16-19-15(11-24-16)17(20)18-12-5-4-8-14(9-12)25(21,22)13-6-2-3-7-13/h4-5,8-9,11,13H,2-3,6-7,10H2,1H3,(H,18,20). The number of methoxy groups -OCH3 is 1. The van der Waals surface area contributed by atoms with Crippen molar-refractivity contribution in [2.75, 3.05) is 12.4 Å². The minimum atomic E-state index is -3.35. The zero-order chi connectivity index (χ0) is 17.9. The van der Waals surface area contributed by atoms with E-state index in [-0.39, 0.29) is 16.1 Å². The molecule has 0 aliphatic heterocycles. The molecular formula is C17H20N2O4S2. The maximum Gasteiger partial charge on any atom is 0.275 e. The van der Waals surface area contributed by atoms with E-state index in [2.05, 4.69) is 10.3 Å². The summed E-state index contributed by atoms with van der Waals surface area (Å²) in [6.45, 7) is 0.354. The summed E-state index contributed by atoms with van der Waals surface area (Å²) in [6, 6.07) is 6.43. The van der Waals surface area contributed by atoms with Crippen molar-refractivity contribution in [3.63, 3.8) is 0 Å². The number of carbonyl (C=O) groups excluding carboxylic acids is 1. The number of amides is 1. The van der Waals surface area contributed by atoms with Gasteiger partial charge in [-0.25, -0.2) is 13.4 Å². The van der Waals surface area contributed by atoms with Crippen LogP contribution in [0.3, 0.4) is 0 Å². The number of ether oxygens (including phenoxy) is 1. The van der Waals surface area contributed by atoms with Gasteiger partial charge < -0.3 is 10.1 Å². The zero-order valence-corrected chi connectivity index (χ0v) is 15.5. The van der Waals surface area contributed by atoms with Crippen molar-refractivity contribution in [1.29, 1.82) is 0 Å². The molecule has 25 heavy (non-hydrogen) atoms. The lowest BCUT2D eigenvalue weighted by Gasteiger charge is -2.12. The molecule has 1 saturated carbocycles. The topological polar surface area (TPSA) is 85.4 Å². The lowest BCUT2D eigenvalue weighted by molar-refractivity contribution is 0.102. The van der Waals surface area contributed by atoms with Gasteiger partial charge in [-0.2, -0.15) is 0 Å². The first-order valence-electron chi connectivity index (χ1n) is 8.09. The van der Waals surface area contributed by atoms with Crippen molar-refractivity contribution >= 4 is 32.8 Å². The van der Waals surface area contributed by atoms with E-state index in [9.17, 15) is 13.2 Å². The summed E-state index contributed by atoms with van der Waals surface area (Å²) < 4.78 is 30.4. The summed E-state index contributed by atoms with van der Waals surface area (Å²) >= 11 is 1.34. The monoisotopic (exact) mass is 380 g/mol. The first-order valence-corrected chi connectivity index (χ1v) is 10.5. The Morgan fingerprint density at radius 3 is 2.84 bits per heavy atom. The number of anilines is 1. The van der Waals surface area contributed by atoms with Crippen molar-refractivity contribution in [2.24, 2.45) is 0 Å². The molecule has 1 N–H and O–H groups in total. The molecule has 0 unspecified atom stereocenters. The van der Waals surface area contributed by atoms with E-state index in [1.807, 2.05) is 0 Å². The molecule has 2 aromatic rings. The van der Waals surface area contributed by atoms with E-state index in [0.29, 0.717) is 35.8 Å². The summed E-state index contributed by atoms with van der Waals surface area (Å²) in [6.07, 6.45) is 3.32. The van der Waals surface area contributed by atoms with Gasteiger partial charge in [0.2, 0.25) is 0 Å². The predicted molar refractivity (Wildman–Crippen MR) is 96.7 cm³/mol. The third-order valence-corrected chi connectivity index (χ3v) is 7.30. The van der Waals surface area contributed by atoms with E-state index in [4.69, 9.17) is 4.74 Å². The molecule has 1 amide bonds. The van der Waals surface area contributed by atoms with E-state index in [0.717, 1.165) is 12.8 Å². The Morgan fingerprint density at radius 2 is 2.12 bits per heavy atom. The first-order chi connectivity index (χ1) is 12.0. The molecule has 134 valence electrons. The highest BCUT2D eigenvalue weighted by Gasteiger charge is 2.30. The van der Waals surface area contributed by atoms with Gasteiger partial charge in [0, 0.05) is 18.2 Å². The number of aromatic nitrogens is 1. The molecule has 1 aliphatic carbocycles. The summed E-state index contributed by atoms with van der Waals surface area (Å²) in [5.74, 6) is -0.367. The van der Waals surface area contributed by atoms with Gasteiger partial charge in [0.15, 0.2) is 9.84 Å². The van der Waals surface area contributed by atoms with E-state index < -0.39 is 9.84 Å². The third-order valence-electron chi connectivity index (χ3n) is 4.21. The fourth-order valence-corrected chi connectivity index (χ4v) is 5.58. The van der Waals surface area contributed by atoms with Crippen LogP contribution in [0.2, 0.25) is 0 Å². The Hall–Kier alpha value is -1.77. The second kappa shape index (κ2) is 7.63. The van der Waals surface area contributed by atoms with Crippen LogP contribution in [0.1, 0.15) is 41.2 Å². The average Bonchev–Trinajstić information content (AvgIpc) is 3.27. The van der Waals surface area contributed by atoms with Crippen molar-refractivity contribution in [2.45, 2.75) is 42.4 Å². The molecule has 1 aromatic heterocycles. The molecule has 6 nitrogen and oxygen atoms in total. The van der Waals surface area contributed by atoms with Gasteiger partial charge in [0.25, 0.3) is 5.91 Å². The van der Waals surface area contributed by atoms with Gasteiger partial charge in [-0.05, 0) is 31.0 Å². The van der Waals surface area contributed by atoms with Crippen LogP contribution in [0.5, 0.6) is 0 Å². The fraction of sp³-hybridized carbons (Fsp3) is 0.412. The van der Waals surface area contributed by atoms with Crippen LogP contribution in [-0.2, 0) is 21.2 Å². The highest BCUT2D eigenvalue weighted by Crippen LogP contribution is 2.30. The van der Waals surface area contributed by atoms with Crippen molar-refractivity contribution in [3.8, 4) is 0 Å². The summed E-state index contributed by atoms with van der Waals surface area (Å²) in [5.41, 5.74) is 0.742. The number of nitrogens with one attached hydrogen (secondary N) is 1. The number of carbonyl (C=O) groups is 1. The van der Waals surface area contributed by atoms with Crippen LogP contribution in [0.25, 0.3) is 0 Å². The third kappa shape index (κ3) is 4.08. The number of benzene rings is 1. The van der Waals surface area contributed by atoms with Gasteiger partial charge in [0.05, 0.1) is 16.8 Å². The lowest BCUT2D eigenvalue weighted by Crippen LogP contribution is -2.18. The minimum absolute atomic E-state index is 0.260. The molecule has 0 spiro atoms. The Balaban J connectivity index is 1.76.